The van der Waals surface area contributed by atoms with Gasteiger partial charge >= 0.3 is 0 Å². The molecule has 5 heteroatoms. The summed E-state index contributed by atoms with van der Waals surface area (Å²) in [4.78, 5) is 17.6. The van der Waals surface area contributed by atoms with Gasteiger partial charge in [-0.2, -0.15) is 0 Å². The Morgan fingerprint density at radius 2 is 2.09 bits per heavy atom. The maximum atomic E-state index is 13.2. The number of amides is 1. The van der Waals surface area contributed by atoms with Gasteiger partial charge in [-0.1, -0.05) is 36.4 Å². The number of phenols is 1. The molecule has 1 N–H and O–H groups in total. The molecule has 6 rings (SSSR count). The van der Waals surface area contributed by atoms with Crippen LogP contribution in [0.25, 0.3) is 6.08 Å². The fourth-order valence-corrected chi connectivity index (χ4v) is 7.41. The molecule has 1 amide bonds. The van der Waals surface area contributed by atoms with Crippen molar-refractivity contribution in [1.82, 2.24) is 9.80 Å². The number of likely N-dealkylation sites (tertiary alicyclic amines) is 1. The van der Waals surface area contributed by atoms with Crippen LogP contribution in [0.4, 0.5) is 0 Å². The second-order valence-corrected chi connectivity index (χ2v) is 10.3. The third kappa shape index (κ3) is 2.99. The van der Waals surface area contributed by atoms with Gasteiger partial charge in [0.15, 0.2) is 0 Å². The summed E-state index contributed by atoms with van der Waals surface area (Å²) >= 11 is 0. The molecule has 2 aromatic rings. The van der Waals surface area contributed by atoms with Gasteiger partial charge in [0.1, 0.15) is 17.6 Å². The number of aromatic hydroxyl groups is 1. The summed E-state index contributed by atoms with van der Waals surface area (Å²) in [6, 6.07) is 14.0. The standard InChI is InChI=1S/C29H32N2O3/c1-3-16-31-17-15-29-21-10-11-22(30(2)26(33)14-9-19-7-5-4-6-8-19)28(29)34-25-13-12-24(32)20(27(25)29)18-23(21)31/h3-9,12-14,21-23,28,32H,1,10-11,15-18H2,2H3/t21-,22+,23+,28-,29-/m0/s1. The highest BCUT2D eigenvalue weighted by Gasteiger charge is 2.66. The van der Waals surface area contributed by atoms with Crippen LogP contribution >= 0.6 is 0 Å². The van der Waals surface area contributed by atoms with Crippen LogP contribution in [0.2, 0.25) is 0 Å². The van der Waals surface area contributed by atoms with E-state index in [1.54, 1.807) is 12.1 Å². The smallest absolute Gasteiger partial charge is 0.246 e. The predicted octanol–water partition coefficient (Wildman–Crippen LogP) is 4.16. The lowest BCUT2D eigenvalue weighted by Gasteiger charge is -2.60. The van der Waals surface area contributed by atoms with E-state index < -0.39 is 0 Å². The highest BCUT2D eigenvalue weighted by atomic mass is 16.5. The van der Waals surface area contributed by atoms with Crippen molar-refractivity contribution in [1.29, 1.82) is 0 Å². The first kappa shape index (κ1) is 21.5. The summed E-state index contributed by atoms with van der Waals surface area (Å²) in [5.41, 5.74) is 3.14. The van der Waals surface area contributed by atoms with Crippen molar-refractivity contribution in [2.45, 2.75) is 49.3 Å². The minimum absolute atomic E-state index is 0.00258. The van der Waals surface area contributed by atoms with Crippen LogP contribution in [0.15, 0.2) is 61.2 Å². The summed E-state index contributed by atoms with van der Waals surface area (Å²) in [7, 11) is 1.91. The van der Waals surface area contributed by atoms with Crippen LogP contribution in [0.1, 0.15) is 36.0 Å². The predicted molar refractivity (Wildman–Crippen MR) is 133 cm³/mol. The molecule has 34 heavy (non-hydrogen) atoms. The number of carbonyl (C=O) groups excluding carboxylic acids is 1. The zero-order valence-corrected chi connectivity index (χ0v) is 19.7. The lowest BCUT2D eigenvalue weighted by atomic mass is 9.51. The number of ether oxygens (including phenoxy) is 1. The average molecular weight is 457 g/mol. The molecule has 0 radical (unpaired) electrons. The summed E-state index contributed by atoms with van der Waals surface area (Å²) < 4.78 is 6.71. The lowest BCUT2D eigenvalue weighted by Crippen LogP contribution is -2.68. The molecule has 1 saturated heterocycles. The highest BCUT2D eigenvalue weighted by Crippen LogP contribution is 2.63. The molecule has 5 nitrogen and oxygen atoms in total. The molecule has 1 saturated carbocycles. The van der Waals surface area contributed by atoms with Crippen LogP contribution in [-0.2, 0) is 16.6 Å². The molecule has 2 bridgehead atoms. The first-order valence-corrected chi connectivity index (χ1v) is 12.4. The van der Waals surface area contributed by atoms with E-state index in [-0.39, 0.29) is 23.5 Å². The molecule has 2 heterocycles. The minimum atomic E-state index is -0.148. The molecule has 2 fully saturated rings. The maximum absolute atomic E-state index is 13.2. The zero-order chi connectivity index (χ0) is 23.4. The average Bonchev–Trinajstić information content (AvgIpc) is 3.19. The number of benzene rings is 2. The Balaban J connectivity index is 1.36. The highest BCUT2D eigenvalue weighted by molar-refractivity contribution is 5.92. The largest absolute Gasteiger partial charge is 0.508 e. The van der Waals surface area contributed by atoms with E-state index in [9.17, 15) is 9.90 Å². The van der Waals surface area contributed by atoms with Crippen LogP contribution < -0.4 is 4.74 Å². The molecular formula is C29H32N2O3. The number of likely N-dealkylation sites (N-methyl/N-ethyl adjacent to an activating group) is 1. The number of hydrogen-bond donors (Lipinski definition) is 1. The van der Waals surface area contributed by atoms with Gasteiger partial charge in [-0.3, -0.25) is 9.69 Å². The number of nitrogens with zero attached hydrogens (tertiary/aromatic N) is 2. The SMILES string of the molecule is C=CCN1CC[C@@]23c4c5ccc(O)c4C[C@@H]1[C@@H]2CC[C@@H](N(C)C(=O)C=Cc1ccccc1)[C@@H]3O5. The molecule has 2 aliphatic heterocycles. The number of hydrogen-bond acceptors (Lipinski definition) is 4. The zero-order valence-electron chi connectivity index (χ0n) is 19.7. The summed E-state index contributed by atoms with van der Waals surface area (Å²) in [5.74, 6) is 1.75. The van der Waals surface area contributed by atoms with Gasteiger partial charge in [-0.05, 0) is 61.9 Å². The van der Waals surface area contributed by atoms with Gasteiger partial charge in [0.05, 0.1) is 6.04 Å². The summed E-state index contributed by atoms with van der Waals surface area (Å²) in [6.45, 7) is 5.83. The second kappa shape index (κ2) is 8.02. The van der Waals surface area contributed by atoms with Gasteiger partial charge in [-0.25, -0.2) is 0 Å². The first-order chi connectivity index (χ1) is 16.5. The number of phenolic OH excluding ortho intramolecular Hbond substituents is 1. The molecule has 0 aromatic heterocycles. The summed E-state index contributed by atoms with van der Waals surface area (Å²) in [5, 5.41) is 10.8. The molecule has 4 aliphatic rings. The monoisotopic (exact) mass is 456 g/mol. The Labute approximate surface area is 201 Å². The van der Waals surface area contributed by atoms with Gasteiger partial charge in [-0.15, -0.1) is 6.58 Å². The fraction of sp³-hybridized carbons (Fsp3) is 0.414. The first-order valence-electron chi connectivity index (χ1n) is 12.4. The Morgan fingerprint density at radius 3 is 2.88 bits per heavy atom. The van der Waals surface area contributed by atoms with Crippen LogP contribution in [0.5, 0.6) is 11.5 Å². The van der Waals surface area contributed by atoms with Crippen molar-refractivity contribution in [3.05, 3.63) is 77.9 Å². The number of rotatable bonds is 5. The van der Waals surface area contributed by atoms with Crippen molar-refractivity contribution in [2.24, 2.45) is 5.92 Å². The number of carbonyl (C=O) groups is 1. The molecular weight excluding hydrogens is 424 g/mol. The molecule has 1 spiro atoms. The topological polar surface area (TPSA) is 53.0 Å². The fourth-order valence-electron chi connectivity index (χ4n) is 7.41. The Hall–Kier alpha value is -3.05. The summed E-state index contributed by atoms with van der Waals surface area (Å²) in [6.07, 6.45) is 9.27. The lowest BCUT2D eigenvalue weighted by molar-refractivity contribution is -0.135. The van der Waals surface area contributed by atoms with Gasteiger partial charge in [0, 0.05) is 42.3 Å². The third-order valence-corrected chi connectivity index (χ3v) is 8.85. The van der Waals surface area contributed by atoms with E-state index in [0.29, 0.717) is 17.7 Å². The Kier molecular flexibility index (Phi) is 5.07. The van der Waals surface area contributed by atoms with Crippen molar-refractivity contribution in [3.8, 4) is 11.5 Å². The molecule has 5 atom stereocenters. The minimum Gasteiger partial charge on any atom is -0.508 e. The van der Waals surface area contributed by atoms with E-state index >= 15 is 0 Å². The van der Waals surface area contributed by atoms with Crippen molar-refractivity contribution in [2.75, 3.05) is 20.1 Å². The van der Waals surface area contributed by atoms with Crippen LogP contribution in [-0.4, -0.2) is 59.1 Å². The van der Waals surface area contributed by atoms with Crippen molar-refractivity contribution >= 4 is 12.0 Å². The normalized spacial score (nSPS) is 31.1. The number of piperidine rings is 1. The van der Waals surface area contributed by atoms with Gasteiger partial charge < -0.3 is 14.7 Å². The molecule has 2 aromatic carbocycles. The van der Waals surface area contributed by atoms with E-state index in [4.69, 9.17) is 4.74 Å². The van der Waals surface area contributed by atoms with E-state index in [0.717, 1.165) is 55.6 Å². The van der Waals surface area contributed by atoms with Crippen LogP contribution in [0.3, 0.4) is 0 Å². The van der Waals surface area contributed by atoms with Gasteiger partial charge in [0.2, 0.25) is 5.91 Å². The van der Waals surface area contributed by atoms with E-state index in [2.05, 4.69) is 11.5 Å². The maximum Gasteiger partial charge on any atom is 0.246 e. The quantitative estimate of drug-likeness (QED) is 0.542. The molecule has 176 valence electrons. The third-order valence-electron chi connectivity index (χ3n) is 8.85. The Bertz CT molecular complexity index is 1160. The van der Waals surface area contributed by atoms with Crippen LogP contribution in [0, 0.1) is 5.92 Å². The molecule has 2 aliphatic carbocycles. The molecule has 0 unspecified atom stereocenters. The Morgan fingerprint density at radius 1 is 1.26 bits per heavy atom. The van der Waals surface area contributed by atoms with E-state index in [1.807, 2.05) is 60.5 Å². The van der Waals surface area contributed by atoms with Crippen molar-refractivity contribution in [3.63, 3.8) is 0 Å². The van der Waals surface area contributed by atoms with Crippen molar-refractivity contribution < 1.29 is 14.6 Å². The van der Waals surface area contributed by atoms with E-state index in [1.165, 1.54) is 5.56 Å². The van der Waals surface area contributed by atoms with Gasteiger partial charge in [0.25, 0.3) is 0 Å². The second-order valence-electron chi connectivity index (χ2n) is 10.3.